The molecule has 1 aromatic heterocycles. The molecule has 0 unspecified atom stereocenters. The molecule has 0 saturated heterocycles. The normalized spacial score (nSPS) is 14.5. The van der Waals surface area contributed by atoms with Gasteiger partial charge in [0.25, 0.3) is 5.56 Å². The minimum absolute atomic E-state index is 0.109. The molecule has 1 aliphatic rings. The van der Waals surface area contributed by atoms with Crippen molar-refractivity contribution in [3.05, 3.63) is 75.7 Å². The summed E-state index contributed by atoms with van der Waals surface area (Å²) >= 11 is 0. The van der Waals surface area contributed by atoms with Gasteiger partial charge in [-0.2, -0.15) is 5.10 Å². The summed E-state index contributed by atoms with van der Waals surface area (Å²) in [4.78, 5) is 37.0. The molecule has 1 heterocycles. The summed E-state index contributed by atoms with van der Waals surface area (Å²) in [7, 11) is 1.55. The number of nitrogens with zero attached hydrogens (tertiary/aromatic N) is 2. The molecule has 0 N–H and O–H groups in total. The molecule has 0 spiro atoms. The van der Waals surface area contributed by atoms with Crippen molar-refractivity contribution in [2.45, 2.75) is 44.4 Å². The van der Waals surface area contributed by atoms with Crippen molar-refractivity contribution in [1.82, 2.24) is 9.78 Å². The van der Waals surface area contributed by atoms with E-state index in [0.29, 0.717) is 27.9 Å². The SMILES string of the molecule is Cn1nc(CC(=O)OCC(=O)c2ccc(C3CCCCC3)cc2)c2ccccc2c1=O. The summed E-state index contributed by atoms with van der Waals surface area (Å²) in [5.74, 6) is -0.204. The van der Waals surface area contributed by atoms with Crippen LogP contribution in [0.5, 0.6) is 0 Å². The van der Waals surface area contributed by atoms with E-state index in [0.717, 1.165) is 0 Å². The molecule has 4 rings (SSSR count). The van der Waals surface area contributed by atoms with Crippen molar-refractivity contribution in [3.63, 3.8) is 0 Å². The van der Waals surface area contributed by atoms with Gasteiger partial charge in [0.05, 0.1) is 17.5 Å². The number of carbonyl (C=O) groups is 2. The first kappa shape index (κ1) is 21.0. The fraction of sp³-hybridized carbons (Fsp3) is 0.360. The van der Waals surface area contributed by atoms with E-state index in [4.69, 9.17) is 4.74 Å². The van der Waals surface area contributed by atoms with Crippen LogP contribution in [0, 0.1) is 0 Å². The maximum absolute atomic E-state index is 12.5. The van der Waals surface area contributed by atoms with Gasteiger partial charge >= 0.3 is 5.97 Å². The fourth-order valence-corrected chi connectivity index (χ4v) is 4.30. The molecule has 31 heavy (non-hydrogen) atoms. The average molecular weight is 418 g/mol. The Morgan fingerprint density at radius 1 is 1.00 bits per heavy atom. The molecule has 0 radical (unpaired) electrons. The number of hydrogen-bond donors (Lipinski definition) is 0. The Balaban J connectivity index is 1.38. The summed E-state index contributed by atoms with van der Waals surface area (Å²) in [5.41, 5.74) is 2.05. The molecule has 0 aliphatic heterocycles. The van der Waals surface area contributed by atoms with Gasteiger partial charge in [-0.1, -0.05) is 61.7 Å². The molecule has 3 aromatic rings. The number of hydrogen-bond acceptors (Lipinski definition) is 5. The highest BCUT2D eigenvalue weighted by molar-refractivity contribution is 5.98. The molecule has 0 amide bonds. The Labute approximate surface area is 180 Å². The number of benzene rings is 2. The third kappa shape index (κ3) is 4.74. The van der Waals surface area contributed by atoms with Gasteiger partial charge in [-0.3, -0.25) is 14.4 Å². The second kappa shape index (κ2) is 9.25. The van der Waals surface area contributed by atoms with Gasteiger partial charge in [0.2, 0.25) is 0 Å². The maximum atomic E-state index is 12.5. The van der Waals surface area contributed by atoms with E-state index in [-0.39, 0.29) is 24.4 Å². The first-order valence-electron chi connectivity index (χ1n) is 10.8. The zero-order valence-corrected chi connectivity index (χ0v) is 17.7. The number of rotatable bonds is 6. The summed E-state index contributed by atoms with van der Waals surface area (Å²) in [6.45, 7) is -0.314. The lowest BCUT2D eigenvalue weighted by atomic mass is 9.84. The second-order valence-electron chi connectivity index (χ2n) is 8.14. The lowest BCUT2D eigenvalue weighted by Gasteiger charge is -2.22. The van der Waals surface area contributed by atoms with E-state index in [9.17, 15) is 14.4 Å². The third-order valence-corrected chi connectivity index (χ3v) is 6.02. The first-order chi connectivity index (χ1) is 15.0. The van der Waals surface area contributed by atoms with Gasteiger partial charge in [0.15, 0.2) is 12.4 Å². The molecular weight excluding hydrogens is 392 g/mol. The van der Waals surface area contributed by atoms with E-state index in [1.54, 1.807) is 31.3 Å². The van der Waals surface area contributed by atoms with E-state index >= 15 is 0 Å². The predicted octanol–water partition coefficient (Wildman–Crippen LogP) is 3.95. The molecule has 6 heteroatoms. The number of aromatic nitrogens is 2. The second-order valence-corrected chi connectivity index (χ2v) is 8.14. The number of ketones is 1. The lowest BCUT2D eigenvalue weighted by molar-refractivity contribution is -0.141. The maximum Gasteiger partial charge on any atom is 0.312 e. The molecule has 0 atom stereocenters. The quantitative estimate of drug-likeness (QED) is 0.447. The van der Waals surface area contributed by atoms with Crippen LogP contribution in [0.4, 0.5) is 0 Å². The van der Waals surface area contributed by atoms with Crippen molar-refractivity contribution in [3.8, 4) is 0 Å². The Hall–Kier alpha value is -3.28. The molecule has 6 nitrogen and oxygen atoms in total. The Kier molecular flexibility index (Phi) is 6.26. The highest BCUT2D eigenvalue weighted by atomic mass is 16.5. The van der Waals surface area contributed by atoms with Crippen molar-refractivity contribution < 1.29 is 14.3 Å². The Bertz CT molecular complexity index is 1160. The largest absolute Gasteiger partial charge is 0.457 e. The Morgan fingerprint density at radius 3 is 2.39 bits per heavy atom. The van der Waals surface area contributed by atoms with E-state index in [2.05, 4.69) is 5.10 Å². The van der Waals surface area contributed by atoms with Crippen LogP contribution in [0.1, 0.15) is 59.6 Å². The van der Waals surface area contributed by atoms with E-state index in [1.165, 1.54) is 42.3 Å². The molecule has 1 saturated carbocycles. The van der Waals surface area contributed by atoms with Gasteiger partial charge in [-0.25, -0.2) is 4.68 Å². The number of Topliss-reactive ketones (excluding diaryl/α,β-unsaturated/α-hetero) is 1. The summed E-state index contributed by atoms with van der Waals surface area (Å²) in [5, 5.41) is 5.31. The highest BCUT2D eigenvalue weighted by Crippen LogP contribution is 2.32. The number of aryl methyl sites for hydroxylation is 1. The summed E-state index contributed by atoms with van der Waals surface area (Å²) in [6, 6.07) is 14.7. The number of esters is 1. The number of ether oxygens (including phenoxy) is 1. The van der Waals surface area contributed by atoms with Crippen LogP contribution < -0.4 is 5.56 Å². The zero-order chi connectivity index (χ0) is 21.8. The topological polar surface area (TPSA) is 78.3 Å². The lowest BCUT2D eigenvalue weighted by Crippen LogP contribution is -2.23. The monoisotopic (exact) mass is 418 g/mol. The zero-order valence-electron chi connectivity index (χ0n) is 17.7. The van der Waals surface area contributed by atoms with Crippen LogP contribution in [-0.4, -0.2) is 28.1 Å². The highest BCUT2D eigenvalue weighted by Gasteiger charge is 2.17. The molecule has 2 aromatic carbocycles. The van der Waals surface area contributed by atoms with Crippen LogP contribution >= 0.6 is 0 Å². The van der Waals surface area contributed by atoms with E-state index in [1.807, 2.05) is 24.3 Å². The van der Waals surface area contributed by atoms with Crippen molar-refractivity contribution in [2.24, 2.45) is 7.05 Å². The smallest absolute Gasteiger partial charge is 0.312 e. The fourth-order valence-electron chi connectivity index (χ4n) is 4.30. The van der Waals surface area contributed by atoms with Gasteiger partial charge in [-0.15, -0.1) is 0 Å². The predicted molar refractivity (Wildman–Crippen MR) is 118 cm³/mol. The standard InChI is InChI=1S/C25H26N2O4/c1-27-25(30)21-10-6-5-9-20(21)22(26-27)15-24(29)31-16-23(28)19-13-11-18(12-14-19)17-7-3-2-4-8-17/h5-6,9-14,17H,2-4,7-8,15-16H2,1H3. The van der Waals surface area contributed by atoms with Crippen molar-refractivity contribution >= 4 is 22.5 Å². The molecule has 1 fully saturated rings. The van der Waals surface area contributed by atoms with Crippen molar-refractivity contribution in [1.29, 1.82) is 0 Å². The van der Waals surface area contributed by atoms with Gasteiger partial charge < -0.3 is 4.74 Å². The van der Waals surface area contributed by atoms with Crippen LogP contribution in [0.25, 0.3) is 10.8 Å². The van der Waals surface area contributed by atoms with Crippen LogP contribution in [-0.2, 0) is 23.0 Å². The van der Waals surface area contributed by atoms with Gasteiger partial charge in [0, 0.05) is 18.0 Å². The first-order valence-corrected chi connectivity index (χ1v) is 10.8. The summed E-state index contributed by atoms with van der Waals surface area (Å²) in [6.07, 6.45) is 6.14. The molecule has 0 bridgehead atoms. The molecular formula is C25H26N2O4. The average Bonchev–Trinajstić information content (AvgIpc) is 2.81. The molecule has 1 aliphatic carbocycles. The Morgan fingerprint density at radius 2 is 1.68 bits per heavy atom. The number of carbonyl (C=O) groups excluding carboxylic acids is 2. The van der Waals surface area contributed by atoms with Crippen LogP contribution in [0.2, 0.25) is 0 Å². The molecule has 160 valence electrons. The minimum Gasteiger partial charge on any atom is -0.457 e. The summed E-state index contributed by atoms with van der Waals surface area (Å²) < 4.78 is 6.42. The minimum atomic E-state index is -0.552. The van der Waals surface area contributed by atoms with Gasteiger partial charge in [-0.05, 0) is 30.4 Å². The van der Waals surface area contributed by atoms with Gasteiger partial charge in [0.1, 0.15) is 0 Å². The number of fused-ring (bicyclic) bond motifs is 1. The third-order valence-electron chi connectivity index (χ3n) is 6.02. The van der Waals surface area contributed by atoms with Crippen molar-refractivity contribution in [2.75, 3.05) is 6.61 Å². The van der Waals surface area contributed by atoms with Crippen LogP contribution in [0.3, 0.4) is 0 Å². The van der Waals surface area contributed by atoms with Crippen LogP contribution in [0.15, 0.2) is 53.3 Å². The van der Waals surface area contributed by atoms with E-state index < -0.39 is 5.97 Å².